The van der Waals surface area contributed by atoms with E-state index >= 15 is 0 Å². The lowest BCUT2D eigenvalue weighted by atomic mass is 10.2. The average Bonchev–Trinajstić information content (AvgIpc) is 2.34. The summed E-state index contributed by atoms with van der Waals surface area (Å²) in [5.41, 5.74) is 0.331. The van der Waals surface area contributed by atoms with Crippen molar-refractivity contribution in [2.24, 2.45) is 5.14 Å². The molecule has 0 spiro atoms. The normalized spacial score (nSPS) is 11.6. The number of benzene rings is 1. The lowest BCUT2D eigenvalue weighted by Gasteiger charge is -2.10. The zero-order valence-electron chi connectivity index (χ0n) is 10.1. The highest BCUT2D eigenvalue weighted by atomic mass is 79.9. The molecular formula is C12H10BrClN2O3S. The van der Waals surface area contributed by atoms with Gasteiger partial charge in [-0.2, -0.15) is 0 Å². The molecule has 0 unspecified atom stereocenters. The fourth-order valence-electron chi connectivity index (χ4n) is 1.66. The third-order valence-electron chi connectivity index (χ3n) is 2.44. The predicted octanol–water partition coefficient (Wildman–Crippen LogP) is 2.82. The molecule has 0 bridgehead atoms. The predicted molar refractivity (Wildman–Crippen MR) is 81.7 cm³/mol. The molecule has 0 aliphatic rings. The zero-order chi connectivity index (χ0) is 14.9. The number of aromatic nitrogens is 1. The maximum atomic E-state index is 11.6. The average molecular weight is 378 g/mol. The molecule has 1 aromatic heterocycles. The van der Waals surface area contributed by atoms with Crippen molar-refractivity contribution in [3.63, 3.8) is 0 Å². The van der Waals surface area contributed by atoms with E-state index in [1.54, 1.807) is 6.07 Å². The highest BCUT2D eigenvalue weighted by molar-refractivity contribution is 9.11. The number of sulfonamides is 1. The smallest absolute Gasteiger partial charge is 0.238 e. The summed E-state index contributed by atoms with van der Waals surface area (Å²) in [6.45, 7) is 3.87. The molecular weight excluding hydrogens is 368 g/mol. The van der Waals surface area contributed by atoms with Gasteiger partial charge in [-0.05, 0) is 24.3 Å². The SMILES string of the molecule is C=C(Br)COc1ccc(S(N)(=O)=O)c2ccc(Cl)nc12. The van der Waals surface area contributed by atoms with E-state index in [0.717, 1.165) is 0 Å². The first-order valence-electron chi connectivity index (χ1n) is 5.37. The van der Waals surface area contributed by atoms with Crippen molar-refractivity contribution in [3.8, 4) is 5.75 Å². The van der Waals surface area contributed by atoms with Gasteiger partial charge in [0.2, 0.25) is 10.0 Å². The Kier molecular flexibility index (Phi) is 4.33. The molecule has 0 amide bonds. The Labute approximate surface area is 129 Å². The minimum absolute atomic E-state index is 0.0262. The first-order valence-corrected chi connectivity index (χ1v) is 8.09. The number of hydrogen-bond acceptors (Lipinski definition) is 4. The van der Waals surface area contributed by atoms with E-state index in [0.29, 0.717) is 21.1 Å². The second kappa shape index (κ2) is 5.69. The molecule has 2 N–H and O–H groups in total. The minimum atomic E-state index is -3.86. The fourth-order valence-corrected chi connectivity index (χ4v) is 2.65. The van der Waals surface area contributed by atoms with Crippen molar-refractivity contribution in [2.45, 2.75) is 4.90 Å². The summed E-state index contributed by atoms with van der Waals surface area (Å²) in [5, 5.41) is 5.77. The van der Waals surface area contributed by atoms with Crippen molar-refractivity contribution >= 4 is 48.5 Å². The Morgan fingerprint density at radius 3 is 2.70 bits per heavy atom. The lowest BCUT2D eigenvalue weighted by Crippen LogP contribution is -2.13. The Morgan fingerprint density at radius 1 is 1.40 bits per heavy atom. The van der Waals surface area contributed by atoms with Crippen LogP contribution in [0.4, 0.5) is 0 Å². The number of halogens is 2. The van der Waals surface area contributed by atoms with E-state index < -0.39 is 10.0 Å². The molecule has 20 heavy (non-hydrogen) atoms. The molecule has 106 valence electrons. The monoisotopic (exact) mass is 376 g/mol. The maximum Gasteiger partial charge on any atom is 0.238 e. The maximum absolute atomic E-state index is 11.6. The number of hydrogen-bond donors (Lipinski definition) is 1. The lowest BCUT2D eigenvalue weighted by molar-refractivity contribution is 0.364. The van der Waals surface area contributed by atoms with Gasteiger partial charge < -0.3 is 4.74 Å². The third kappa shape index (κ3) is 3.29. The first kappa shape index (κ1) is 15.2. The van der Waals surface area contributed by atoms with Gasteiger partial charge in [0.1, 0.15) is 23.0 Å². The molecule has 0 saturated heterocycles. The van der Waals surface area contributed by atoms with Crippen LogP contribution in [0.25, 0.3) is 10.9 Å². The minimum Gasteiger partial charge on any atom is -0.486 e. The number of ether oxygens (including phenoxy) is 1. The van der Waals surface area contributed by atoms with Gasteiger partial charge in [-0.3, -0.25) is 0 Å². The van der Waals surface area contributed by atoms with Crippen molar-refractivity contribution in [3.05, 3.63) is 40.5 Å². The zero-order valence-corrected chi connectivity index (χ0v) is 13.3. The molecule has 0 saturated carbocycles. The van der Waals surface area contributed by atoms with Gasteiger partial charge in [-0.25, -0.2) is 18.5 Å². The second-order valence-corrected chi connectivity index (χ2v) is 6.98. The van der Waals surface area contributed by atoms with Crippen LogP contribution in [0.2, 0.25) is 5.15 Å². The highest BCUT2D eigenvalue weighted by Crippen LogP contribution is 2.30. The summed E-state index contributed by atoms with van der Waals surface area (Å²) < 4.78 is 29.3. The molecule has 8 heteroatoms. The topological polar surface area (TPSA) is 82.3 Å². The molecule has 5 nitrogen and oxygen atoms in total. The number of rotatable bonds is 4. The van der Waals surface area contributed by atoms with Crippen LogP contribution in [0.5, 0.6) is 5.75 Å². The van der Waals surface area contributed by atoms with Gasteiger partial charge in [0.05, 0.1) is 4.90 Å². The molecule has 0 aliphatic carbocycles. The molecule has 0 aliphatic heterocycles. The number of nitrogens with zero attached hydrogens (tertiary/aromatic N) is 1. The molecule has 2 rings (SSSR count). The molecule has 1 heterocycles. The van der Waals surface area contributed by atoms with E-state index in [1.807, 2.05) is 0 Å². The molecule has 2 aromatic rings. The fraction of sp³-hybridized carbons (Fsp3) is 0.0833. The van der Waals surface area contributed by atoms with Crippen LogP contribution >= 0.6 is 27.5 Å². The largest absolute Gasteiger partial charge is 0.486 e. The van der Waals surface area contributed by atoms with Crippen LogP contribution in [0.3, 0.4) is 0 Å². The Hall–Kier alpha value is -1.15. The standard InChI is InChI=1S/C12H10BrClN2O3S/c1-7(13)6-19-9-3-4-10(20(15,17)18)8-2-5-11(14)16-12(8)9/h2-5H,1,6H2,(H2,15,17,18). The van der Waals surface area contributed by atoms with Gasteiger partial charge >= 0.3 is 0 Å². The molecule has 0 fully saturated rings. The van der Waals surface area contributed by atoms with Gasteiger partial charge in [0.25, 0.3) is 0 Å². The summed E-state index contributed by atoms with van der Waals surface area (Å²) in [5.74, 6) is 0.399. The van der Waals surface area contributed by atoms with Gasteiger partial charge in [0, 0.05) is 9.87 Å². The van der Waals surface area contributed by atoms with E-state index in [4.69, 9.17) is 21.5 Å². The summed E-state index contributed by atoms with van der Waals surface area (Å²) in [6.07, 6.45) is 0. The summed E-state index contributed by atoms with van der Waals surface area (Å²) >= 11 is 9.02. The quantitative estimate of drug-likeness (QED) is 0.831. The summed E-state index contributed by atoms with van der Waals surface area (Å²) in [7, 11) is -3.86. The van der Waals surface area contributed by atoms with Crippen molar-refractivity contribution in [2.75, 3.05) is 6.61 Å². The first-order chi connectivity index (χ1) is 9.29. The van der Waals surface area contributed by atoms with Crippen molar-refractivity contribution in [1.82, 2.24) is 4.98 Å². The van der Waals surface area contributed by atoms with Gasteiger partial charge in [-0.15, -0.1) is 0 Å². The molecule has 1 aromatic carbocycles. The molecule has 0 atom stereocenters. The second-order valence-electron chi connectivity index (χ2n) is 3.94. The van der Waals surface area contributed by atoms with Gasteiger partial charge in [0.15, 0.2) is 0 Å². The van der Waals surface area contributed by atoms with E-state index in [9.17, 15) is 8.42 Å². The number of pyridine rings is 1. The Balaban J connectivity index is 2.68. The van der Waals surface area contributed by atoms with E-state index in [2.05, 4.69) is 27.5 Å². The van der Waals surface area contributed by atoms with Crippen LogP contribution in [-0.2, 0) is 10.0 Å². The Morgan fingerprint density at radius 2 is 2.10 bits per heavy atom. The Bertz CT molecular complexity index is 793. The van der Waals surface area contributed by atoms with Crippen LogP contribution in [-0.4, -0.2) is 20.0 Å². The highest BCUT2D eigenvalue weighted by Gasteiger charge is 2.16. The number of fused-ring (bicyclic) bond motifs is 1. The summed E-state index contributed by atoms with van der Waals surface area (Å²) in [6, 6.07) is 5.90. The number of nitrogens with two attached hydrogens (primary N) is 1. The van der Waals surface area contributed by atoms with Crippen molar-refractivity contribution in [1.29, 1.82) is 0 Å². The van der Waals surface area contributed by atoms with Crippen LogP contribution in [0.15, 0.2) is 40.2 Å². The van der Waals surface area contributed by atoms with Crippen molar-refractivity contribution < 1.29 is 13.2 Å². The van der Waals surface area contributed by atoms with Crippen LogP contribution in [0.1, 0.15) is 0 Å². The van der Waals surface area contributed by atoms with Gasteiger partial charge in [-0.1, -0.05) is 34.1 Å². The van der Waals surface area contributed by atoms with E-state index in [-0.39, 0.29) is 16.7 Å². The molecule has 0 radical (unpaired) electrons. The van der Waals surface area contributed by atoms with E-state index in [1.165, 1.54) is 18.2 Å². The van der Waals surface area contributed by atoms with Crippen LogP contribution in [0, 0.1) is 0 Å². The van der Waals surface area contributed by atoms with Crippen LogP contribution < -0.4 is 9.88 Å². The number of primary sulfonamides is 1. The third-order valence-corrected chi connectivity index (χ3v) is 3.85. The summed E-state index contributed by atoms with van der Waals surface area (Å²) in [4.78, 5) is 4.08.